The third kappa shape index (κ3) is 4.50. The summed E-state index contributed by atoms with van der Waals surface area (Å²) in [6.07, 6.45) is 1.35. The van der Waals surface area contributed by atoms with E-state index in [0.717, 1.165) is 0 Å². The number of carboxylic acid groups (broad SMARTS) is 1. The molecule has 0 fully saturated rings. The van der Waals surface area contributed by atoms with Gasteiger partial charge in [-0.05, 0) is 24.3 Å². The number of rotatable bonds is 7. The number of hydrogen-bond donors (Lipinski definition) is 1. The Labute approximate surface area is 157 Å². The van der Waals surface area contributed by atoms with Crippen LogP contribution in [0, 0.1) is 0 Å². The molecule has 28 heavy (non-hydrogen) atoms. The third-order valence-corrected chi connectivity index (χ3v) is 3.52. The highest BCUT2D eigenvalue weighted by Gasteiger charge is 2.27. The SMILES string of the molecule is O=C(O)COc1ccccc1C=C1N=C(c2ccccc2OC(F)F)OC1=O. The van der Waals surface area contributed by atoms with E-state index in [1.165, 1.54) is 30.3 Å². The highest BCUT2D eigenvalue weighted by atomic mass is 19.3. The van der Waals surface area contributed by atoms with Crippen LogP contribution in [0.25, 0.3) is 6.08 Å². The lowest BCUT2D eigenvalue weighted by molar-refractivity contribution is -0.139. The number of hydrogen-bond acceptors (Lipinski definition) is 6. The van der Waals surface area contributed by atoms with Crippen LogP contribution in [-0.2, 0) is 14.3 Å². The molecule has 0 aliphatic carbocycles. The monoisotopic (exact) mass is 389 g/mol. The van der Waals surface area contributed by atoms with Crippen molar-refractivity contribution in [3.63, 3.8) is 0 Å². The van der Waals surface area contributed by atoms with Gasteiger partial charge in [-0.1, -0.05) is 30.3 Å². The first-order valence-electron chi connectivity index (χ1n) is 7.94. The number of aliphatic carboxylic acids is 1. The smallest absolute Gasteiger partial charge is 0.387 e. The molecule has 1 N–H and O–H groups in total. The lowest BCUT2D eigenvalue weighted by Gasteiger charge is -2.08. The maximum Gasteiger partial charge on any atom is 0.387 e. The molecule has 0 saturated carbocycles. The van der Waals surface area contributed by atoms with E-state index in [4.69, 9.17) is 14.6 Å². The molecular formula is C19H13F2NO6. The molecule has 0 saturated heterocycles. The van der Waals surface area contributed by atoms with Crippen LogP contribution in [-0.4, -0.2) is 36.2 Å². The van der Waals surface area contributed by atoms with Gasteiger partial charge in [0.1, 0.15) is 11.5 Å². The molecule has 0 atom stereocenters. The quantitative estimate of drug-likeness (QED) is 0.578. The lowest BCUT2D eigenvalue weighted by Crippen LogP contribution is -2.10. The largest absolute Gasteiger partial charge is 0.481 e. The predicted octanol–water partition coefficient (Wildman–Crippen LogP) is 3.10. The number of carbonyl (C=O) groups excluding carboxylic acids is 1. The van der Waals surface area contributed by atoms with Crippen molar-refractivity contribution in [2.45, 2.75) is 6.61 Å². The van der Waals surface area contributed by atoms with Crippen LogP contribution in [0.3, 0.4) is 0 Å². The van der Waals surface area contributed by atoms with Gasteiger partial charge in [0.05, 0.1) is 5.56 Å². The van der Waals surface area contributed by atoms with Crippen LogP contribution < -0.4 is 9.47 Å². The van der Waals surface area contributed by atoms with E-state index in [2.05, 4.69) is 9.73 Å². The number of cyclic esters (lactones) is 1. The van der Waals surface area contributed by atoms with Crippen molar-refractivity contribution in [1.82, 2.24) is 0 Å². The molecule has 1 heterocycles. The molecular weight excluding hydrogens is 376 g/mol. The molecule has 3 rings (SSSR count). The van der Waals surface area contributed by atoms with Crippen molar-refractivity contribution in [2.75, 3.05) is 6.61 Å². The number of benzene rings is 2. The average Bonchev–Trinajstić information content (AvgIpc) is 3.01. The van der Waals surface area contributed by atoms with Gasteiger partial charge in [-0.2, -0.15) is 8.78 Å². The highest BCUT2D eigenvalue weighted by Crippen LogP contribution is 2.28. The van der Waals surface area contributed by atoms with Crippen molar-refractivity contribution in [3.05, 3.63) is 65.4 Å². The molecule has 2 aromatic carbocycles. The molecule has 0 spiro atoms. The second kappa shape index (κ2) is 8.30. The Morgan fingerprint density at radius 1 is 1.14 bits per heavy atom. The van der Waals surface area contributed by atoms with Gasteiger partial charge in [0.2, 0.25) is 5.90 Å². The molecule has 0 radical (unpaired) electrons. The first-order valence-corrected chi connectivity index (χ1v) is 7.94. The lowest BCUT2D eigenvalue weighted by atomic mass is 10.1. The van der Waals surface area contributed by atoms with Gasteiger partial charge < -0.3 is 19.3 Å². The predicted molar refractivity (Wildman–Crippen MR) is 93.3 cm³/mol. The van der Waals surface area contributed by atoms with E-state index in [1.54, 1.807) is 24.3 Å². The number of halogens is 2. The summed E-state index contributed by atoms with van der Waals surface area (Å²) in [5.41, 5.74) is 0.390. The minimum absolute atomic E-state index is 0.0926. The molecule has 9 heteroatoms. The number of esters is 1. The zero-order valence-electron chi connectivity index (χ0n) is 14.2. The molecule has 7 nitrogen and oxygen atoms in total. The summed E-state index contributed by atoms with van der Waals surface area (Å²) in [6.45, 7) is -3.61. The van der Waals surface area contributed by atoms with Crippen LogP contribution >= 0.6 is 0 Å². The minimum Gasteiger partial charge on any atom is -0.481 e. The number of carboxylic acids is 1. The Kier molecular flexibility index (Phi) is 5.64. The van der Waals surface area contributed by atoms with Crippen molar-refractivity contribution in [1.29, 1.82) is 0 Å². The normalized spacial score (nSPS) is 14.8. The molecule has 1 aliphatic rings. The van der Waals surface area contributed by atoms with Gasteiger partial charge in [-0.25, -0.2) is 14.6 Å². The molecule has 2 aromatic rings. The van der Waals surface area contributed by atoms with Crippen LogP contribution in [0.15, 0.2) is 59.2 Å². The topological polar surface area (TPSA) is 94.4 Å². The maximum absolute atomic E-state index is 12.6. The van der Waals surface area contributed by atoms with Crippen molar-refractivity contribution >= 4 is 23.9 Å². The Balaban J connectivity index is 1.92. The molecule has 0 unspecified atom stereocenters. The number of ether oxygens (including phenoxy) is 3. The summed E-state index contributed by atoms with van der Waals surface area (Å²) < 4.78 is 39.8. The third-order valence-electron chi connectivity index (χ3n) is 3.52. The second-order valence-electron chi connectivity index (χ2n) is 5.43. The van der Waals surface area contributed by atoms with Crippen molar-refractivity contribution in [3.8, 4) is 11.5 Å². The summed E-state index contributed by atoms with van der Waals surface area (Å²) >= 11 is 0. The van der Waals surface area contributed by atoms with Gasteiger partial charge in [0.25, 0.3) is 0 Å². The van der Waals surface area contributed by atoms with Crippen LogP contribution in [0.2, 0.25) is 0 Å². The van der Waals surface area contributed by atoms with E-state index in [1.807, 2.05) is 0 Å². The Hall–Kier alpha value is -3.75. The van der Waals surface area contributed by atoms with Gasteiger partial charge in [-0.15, -0.1) is 0 Å². The van der Waals surface area contributed by atoms with E-state index in [0.29, 0.717) is 5.56 Å². The summed E-state index contributed by atoms with van der Waals surface area (Å²) in [5, 5.41) is 8.74. The number of aliphatic imine (C=N–C) groups is 1. The molecule has 144 valence electrons. The maximum atomic E-state index is 12.6. The van der Waals surface area contributed by atoms with Crippen LogP contribution in [0.5, 0.6) is 11.5 Å². The molecule has 0 aromatic heterocycles. The van der Waals surface area contributed by atoms with Crippen molar-refractivity contribution < 1.29 is 37.7 Å². The van der Waals surface area contributed by atoms with Gasteiger partial charge in [0, 0.05) is 5.56 Å². The summed E-state index contributed by atoms with van der Waals surface area (Å²) in [7, 11) is 0. The Morgan fingerprint density at radius 3 is 2.54 bits per heavy atom. The number of para-hydroxylation sites is 2. The summed E-state index contributed by atoms with van der Waals surface area (Å²) in [4.78, 5) is 26.9. The molecule has 1 aliphatic heterocycles. The number of carbonyl (C=O) groups is 2. The second-order valence-corrected chi connectivity index (χ2v) is 5.43. The fourth-order valence-electron chi connectivity index (χ4n) is 2.38. The minimum atomic E-state index is -3.05. The zero-order chi connectivity index (χ0) is 20.1. The standard InChI is InChI=1S/C19H13F2NO6/c20-19(21)27-15-8-4-2-6-12(15)17-22-13(18(25)28-17)9-11-5-1-3-7-14(11)26-10-16(23)24/h1-9,19H,10H2,(H,23,24). The van der Waals surface area contributed by atoms with Gasteiger partial charge >= 0.3 is 18.6 Å². The first-order chi connectivity index (χ1) is 13.4. The molecule has 0 amide bonds. The summed E-state index contributed by atoms with van der Waals surface area (Å²) in [5.74, 6) is -2.09. The summed E-state index contributed by atoms with van der Waals surface area (Å²) in [6, 6.07) is 12.2. The Morgan fingerprint density at radius 2 is 1.82 bits per heavy atom. The average molecular weight is 389 g/mol. The van der Waals surface area contributed by atoms with Crippen LogP contribution in [0.1, 0.15) is 11.1 Å². The molecule has 0 bridgehead atoms. The van der Waals surface area contributed by atoms with E-state index in [-0.39, 0.29) is 28.7 Å². The van der Waals surface area contributed by atoms with E-state index >= 15 is 0 Å². The number of nitrogens with zero attached hydrogens (tertiary/aromatic N) is 1. The van der Waals surface area contributed by atoms with Gasteiger partial charge in [0.15, 0.2) is 12.3 Å². The number of alkyl halides is 2. The van der Waals surface area contributed by atoms with E-state index in [9.17, 15) is 18.4 Å². The van der Waals surface area contributed by atoms with Crippen molar-refractivity contribution in [2.24, 2.45) is 4.99 Å². The van der Waals surface area contributed by atoms with Crippen LogP contribution in [0.4, 0.5) is 8.78 Å². The highest BCUT2D eigenvalue weighted by molar-refractivity contribution is 6.13. The zero-order valence-corrected chi connectivity index (χ0v) is 14.2. The fourth-order valence-corrected chi connectivity index (χ4v) is 2.38. The van der Waals surface area contributed by atoms with E-state index < -0.39 is 25.2 Å². The first kappa shape index (κ1) is 19.0. The fraction of sp³-hybridized carbons (Fsp3) is 0.105. The Bertz CT molecular complexity index is 970. The van der Waals surface area contributed by atoms with Gasteiger partial charge in [-0.3, -0.25) is 0 Å².